The molecule has 0 saturated heterocycles. The molecule has 0 aromatic rings. The highest BCUT2D eigenvalue weighted by Crippen LogP contribution is 1.97. The summed E-state index contributed by atoms with van der Waals surface area (Å²) < 4.78 is 0. The average molecular weight is 200 g/mol. The molecule has 3 heteroatoms. The van der Waals surface area contributed by atoms with Gasteiger partial charge in [0.2, 0.25) is 0 Å². The highest BCUT2D eigenvalue weighted by molar-refractivity contribution is 7.99. The molecule has 74 valence electrons. The van der Waals surface area contributed by atoms with E-state index in [4.69, 9.17) is 5.11 Å². The largest absolute Gasteiger partial charge is 0.478 e. The fraction of sp³-hybridized carbons (Fsp3) is 0.300. The van der Waals surface area contributed by atoms with Crippen LogP contribution in [-0.4, -0.2) is 22.6 Å². The van der Waals surface area contributed by atoms with Crippen LogP contribution < -0.4 is 0 Å². The van der Waals surface area contributed by atoms with Crippen molar-refractivity contribution in [3.8, 4) is 0 Å². The van der Waals surface area contributed by atoms with Crippen molar-refractivity contribution in [3.63, 3.8) is 0 Å². The maximum atomic E-state index is 9.60. The number of carboxylic acid groups (broad SMARTS) is 1. The summed E-state index contributed by atoms with van der Waals surface area (Å²) in [7, 11) is 0. The van der Waals surface area contributed by atoms with Gasteiger partial charge in [-0.05, 0) is 6.92 Å². The number of aliphatic carboxylic acids is 1. The molecule has 0 fully saturated rings. The van der Waals surface area contributed by atoms with Crippen LogP contribution in [-0.2, 0) is 4.79 Å². The summed E-state index contributed by atoms with van der Waals surface area (Å²) >= 11 is 1.82. The Balaban J connectivity index is 0. The van der Waals surface area contributed by atoms with E-state index < -0.39 is 5.97 Å². The maximum absolute atomic E-state index is 9.60. The second-order valence-corrected chi connectivity index (χ2v) is 3.28. The van der Waals surface area contributed by atoms with E-state index in [0.717, 1.165) is 11.5 Å². The summed E-state index contributed by atoms with van der Waals surface area (Å²) in [6.07, 6.45) is 3.79. The summed E-state index contributed by atoms with van der Waals surface area (Å²) in [6, 6.07) is 0. The molecule has 0 aromatic carbocycles. The molecule has 1 N–H and O–H groups in total. The van der Waals surface area contributed by atoms with E-state index in [1.165, 1.54) is 6.92 Å². The molecule has 0 amide bonds. The van der Waals surface area contributed by atoms with E-state index in [2.05, 4.69) is 19.7 Å². The standard InChI is InChI=1S/C6H10S.C4H6O2/c1-3-5-7-6-4-2;1-3(2)4(5)6/h3-4H,1-2,5-6H2;1H2,2H3,(H,5,6). The van der Waals surface area contributed by atoms with Crippen LogP contribution in [0, 0.1) is 0 Å². The lowest BCUT2D eigenvalue weighted by molar-refractivity contribution is -0.132. The van der Waals surface area contributed by atoms with E-state index in [1.54, 1.807) is 0 Å². The number of hydrogen-bond donors (Lipinski definition) is 1. The number of hydrogen-bond acceptors (Lipinski definition) is 2. The average Bonchev–Trinajstić information content (AvgIpc) is 2.06. The van der Waals surface area contributed by atoms with Gasteiger partial charge in [0.1, 0.15) is 0 Å². The quantitative estimate of drug-likeness (QED) is 0.421. The highest BCUT2D eigenvalue weighted by atomic mass is 32.2. The minimum atomic E-state index is -0.935. The van der Waals surface area contributed by atoms with Crippen molar-refractivity contribution in [3.05, 3.63) is 37.5 Å². The van der Waals surface area contributed by atoms with Crippen LogP contribution in [0.2, 0.25) is 0 Å². The van der Waals surface area contributed by atoms with Crippen LogP contribution in [0.25, 0.3) is 0 Å². The Morgan fingerprint density at radius 3 is 1.85 bits per heavy atom. The van der Waals surface area contributed by atoms with Crippen molar-refractivity contribution in [1.29, 1.82) is 0 Å². The molecule has 0 spiro atoms. The van der Waals surface area contributed by atoms with Gasteiger partial charge in [-0.3, -0.25) is 0 Å². The number of thioether (sulfide) groups is 1. The third-order valence-electron chi connectivity index (χ3n) is 0.836. The molecule has 0 aliphatic heterocycles. The lowest BCUT2D eigenvalue weighted by Gasteiger charge is -1.85. The maximum Gasteiger partial charge on any atom is 0.330 e. The van der Waals surface area contributed by atoms with E-state index in [-0.39, 0.29) is 5.57 Å². The zero-order chi connectivity index (χ0) is 10.7. The summed E-state index contributed by atoms with van der Waals surface area (Å²) in [5.41, 5.74) is 0.176. The Labute approximate surface area is 84.0 Å². The topological polar surface area (TPSA) is 37.3 Å². The van der Waals surface area contributed by atoms with E-state index in [1.807, 2.05) is 23.9 Å². The Morgan fingerprint density at radius 1 is 1.38 bits per heavy atom. The smallest absolute Gasteiger partial charge is 0.330 e. The molecular weight excluding hydrogens is 184 g/mol. The van der Waals surface area contributed by atoms with Crippen LogP contribution in [0.15, 0.2) is 37.5 Å². The first-order valence-electron chi connectivity index (χ1n) is 3.74. The molecule has 0 aliphatic carbocycles. The van der Waals surface area contributed by atoms with Gasteiger partial charge in [0, 0.05) is 17.1 Å². The van der Waals surface area contributed by atoms with E-state index in [0.29, 0.717) is 0 Å². The second kappa shape index (κ2) is 11.0. The molecule has 13 heavy (non-hydrogen) atoms. The first kappa shape index (κ1) is 14.6. The minimum Gasteiger partial charge on any atom is -0.478 e. The molecule has 0 aliphatic rings. The molecule has 0 heterocycles. The second-order valence-electron chi connectivity index (χ2n) is 2.20. The van der Waals surface area contributed by atoms with Gasteiger partial charge >= 0.3 is 5.97 Å². The Bertz CT molecular complexity index is 165. The molecule has 0 unspecified atom stereocenters. The Hall–Kier alpha value is -0.960. The van der Waals surface area contributed by atoms with Crippen LogP contribution in [0.3, 0.4) is 0 Å². The lowest BCUT2D eigenvalue weighted by Crippen LogP contribution is -1.92. The molecule has 0 atom stereocenters. The fourth-order valence-electron chi connectivity index (χ4n) is 0.235. The van der Waals surface area contributed by atoms with Crippen molar-refractivity contribution >= 4 is 17.7 Å². The molecular formula is C10H16O2S. The zero-order valence-corrected chi connectivity index (χ0v) is 8.77. The minimum absolute atomic E-state index is 0.176. The van der Waals surface area contributed by atoms with E-state index in [9.17, 15) is 4.79 Å². The summed E-state index contributed by atoms with van der Waals surface area (Å²) in [5.74, 6) is 1.13. The predicted octanol–water partition coefficient (Wildman–Crippen LogP) is 2.74. The SMILES string of the molecule is C=C(C)C(=O)O.C=CCSCC=C. The first-order valence-corrected chi connectivity index (χ1v) is 4.90. The fourth-order valence-corrected chi connectivity index (χ4v) is 0.704. The molecule has 0 aromatic heterocycles. The predicted molar refractivity (Wildman–Crippen MR) is 60.2 cm³/mol. The molecule has 0 saturated carbocycles. The van der Waals surface area contributed by atoms with Gasteiger partial charge in [-0.1, -0.05) is 18.7 Å². The number of carbonyl (C=O) groups is 1. The van der Waals surface area contributed by atoms with Crippen LogP contribution in [0.4, 0.5) is 0 Å². The van der Waals surface area contributed by atoms with Gasteiger partial charge in [0.05, 0.1) is 0 Å². The molecule has 0 bridgehead atoms. The van der Waals surface area contributed by atoms with Gasteiger partial charge in [-0.15, -0.1) is 13.2 Å². The van der Waals surface area contributed by atoms with Gasteiger partial charge in [-0.2, -0.15) is 11.8 Å². The van der Waals surface area contributed by atoms with Gasteiger partial charge < -0.3 is 5.11 Å². The zero-order valence-electron chi connectivity index (χ0n) is 7.95. The number of rotatable bonds is 5. The van der Waals surface area contributed by atoms with Crippen LogP contribution in [0.1, 0.15) is 6.92 Å². The molecule has 0 radical (unpaired) electrons. The summed E-state index contributed by atoms with van der Waals surface area (Å²) in [5, 5.41) is 7.89. The molecule has 0 rings (SSSR count). The van der Waals surface area contributed by atoms with Crippen LogP contribution >= 0.6 is 11.8 Å². The normalized spacial score (nSPS) is 7.77. The van der Waals surface area contributed by atoms with E-state index >= 15 is 0 Å². The Kier molecular flexibility index (Phi) is 12.4. The van der Waals surface area contributed by atoms with Crippen molar-refractivity contribution < 1.29 is 9.90 Å². The highest BCUT2D eigenvalue weighted by Gasteiger charge is 1.90. The first-order chi connectivity index (χ1) is 6.06. The van der Waals surface area contributed by atoms with Crippen LogP contribution in [0.5, 0.6) is 0 Å². The van der Waals surface area contributed by atoms with Gasteiger partial charge in [0.15, 0.2) is 0 Å². The third kappa shape index (κ3) is 18.2. The summed E-state index contributed by atoms with van der Waals surface area (Å²) in [6.45, 7) is 11.8. The van der Waals surface area contributed by atoms with Crippen molar-refractivity contribution in [2.45, 2.75) is 6.92 Å². The number of carboxylic acids is 1. The van der Waals surface area contributed by atoms with Crippen molar-refractivity contribution in [2.24, 2.45) is 0 Å². The molecule has 2 nitrogen and oxygen atoms in total. The monoisotopic (exact) mass is 200 g/mol. The van der Waals surface area contributed by atoms with Gasteiger partial charge in [-0.25, -0.2) is 4.79 Å². The lowest BCUT2D eigenvalue weighted by atomic mass is 10.4. The van der Waals surface area contributed by atoms with Crippen molar-refractivity contribution in [2.75, 3.05) is 11.5 Å². The van der Waals surface area contributed by atoms with Crippen molar-refractivity contribution in [1.82, 2.24) is 0 Å². The third-order valence-corrected chi connectivity index (χ3v) is 1.78. The van der Waals surface area contributed by atoms with Gasteiger partial charge in [0.25, 0.3) is 0 Å². The summed E-state index contributed by atoms with van der Waals surface area (Å²) in [4.78, 5) is 9.60. The Morgan fingerprint density at radius 2 is 1.69 bits per heavy atom.